The summed E-state index contributed by atoms with van der Waals surface area (Å²) in [7, 11) is 0. The standard InChI is InChI=1S/C18H21F3O/c1-2-3-4-5-8-14-11-12-17(22-13-18(19,20)21)16-10-7-6-9-15(14)16/h6-7,9-12H,2-5,8,13H2,1H3. The number of benzene rings is 2. The molecule has 0 bridgehead atoms. The summed E-state index contributed by atoms with van der Waals surface area (Å²) >= 11 is 0. The number of aryl methyl sites for hydroxylation is 1. The number of fused-ring (bicyclic) bond motifs is 1. The minimum atomic E-state index is -4.32. The van der Waals surface area contributed by atoms with E-state index >= 15 is 0 Å². The van der Waals surface area contributed by atoms with Gasteiger partial charge in [-0.15, -0.1) is 0 Å². The van der Waals surface area contributed by atoms with Gasteiger partial charge in [0.25, 0.3) is 0 Å². The number of rotatable bonds is 7. The van der Waals surface area contributed by atoms with E-state index in [0.29, 0.717) is 5.75 Å². The Bertz CT molecular complexity index is 605. The number of hydrogen-bond donors (Lipinski definition) is 0. The number of alkyl halides is 3. The molecule has 0 spiro atoms. The van der Waals surface area contributed by atoms with Crippen LogP contribution in [0.2, 0.25) is 0 Å². The van der Waals surface area contributed by atoms with Crippen molar-refractivity contribution in [1.29, 1.82) is 0 Å². The topological polar surface area (TPSA) is 9.23 Å². The molecule has 0 atom stereocenters. The van der Waals surface area contributed by atoms with Gasteiger partial charge in [-0.3, -0.25) is 0 Å². The molecule has 0 saturated heterocycles. The minimum Gasteiger partial charge on any atom is -0.483 e. The molecule has 0 aliphatic carbocycles. The van der Waals surface area contributed by atoms with Gasteiger partial charge >= 0.3 is 6.18 Å². The maximum Gasteiger partial charge on any atom is 0.422 e. The van der Waals surface area contributed by atoms with Crippen molar-refractivity contribution in [2.24, 2.45) is 0 Å². The summed E-state index contributed by atoms with van der Waals surface area (Å²) in [5.74, 6) is 0.297. The van der Waals surface area contributed by atoms with E-state index in [2.05, 4.69) is 6.92 Å². The van der Waals surface area contributed by atoms with Crippen molar-refractivity contribution < 1.29 is 17.9 Å². The molecule has 0 amide bonds. The Kier molecular flexibility index (Phi) is 5.69. The van der Waals surface area contributed by atoms with Gasteiger partial charge in [-0.2, -0.15) is 13.2 Å². The van der Waals surface area contributed by atoms with Gasteiger partial charge in [-0.05, 0) is 29.9 Å². The van der Waals surface area contributed by atoms with Crippen LogP contribution in [0.4, 0.5) is 13.2 Å². The predicted octanol–water partition coefficient (Wildman–Crippen LogP) is 5.90. The Balaban J connectivity index is 2.19. The molecule has 2 rings (SSSR count). The van der Waals surface area contributed by atoms with Crippen molar-refractivity contribution in [1.82, 2.24) is 0 Å². The number of unbranched alkanes of at least 4 members (excludes halogenated alkanes) is 3. The second kappa shape index (κ2) is 7.52. The third-order valence-corrected chi connectivity index (χ3v) is 3.67. The van der Waals surface area contributed by atoms with Crippen molar-refractivity contribution >= 4 is 10.8 Å². The molecule has 22 heavy (non-hydrogen) atoms. The van der Waals surface area contributed by atoms with Crippen LogP contribution in [-0.4, -0.2) is 12.8 Å². The van der Waals surface area contributed by atoms with Crippen LogP contribution >= 0.6 is 0 Å². The van der Waals surface area contributed by atoms with E-state index in [4.69, 9.17) is 4.74 Å². The fourth-order valence-corrected chi connectivity index (χ4v) is 2.58. The van der Waals surface area contributed by atoms with Gasteiger partial charge in [0.05, 0.1) is 0 Å². The molecule has 0 aliphatic rings. The average molecular weight is 310 g/mol. The van der Waals surface area contributed by atoms with Crippen LogP contribution in [0.1, 0.15) is 38.2 Å². The highest BCUT2D eigenvalue weighted by Gasteiger charge is 2.28. The summed E-state index contributed by atoms with van der Waals surface area (Å²) in [6, 6.07) is 11.0. The first-order chi connectivity index (χ1) is 10.5. The fourth-order valence-electron chi connectivity index (χ4n) is 2.58. The van der Waals surface area contributed by atoms with Crippen LogP contribution in [0.5, 0.6) is 5.75 Å². The minimum absolute atomic E-state index is 0.297. The lowest BCUT2D eigenvalue weighted by atomic mass is 9.99. The maximum atomic E-state index is 12.3. The highest BCUT2D eigenvalue weighted by atomic mass is 19.4. The normalized spacial score (nSPS) is 11.8. The molecule has 0 aliphatic heterocycles. The highest BCUT2D eigenvalue weighted by molar-refractivity contribution is 5.91. The van der Waals surface area contributed by atoms with Crippen molar-refractivity contribution in [2.45, 2.75) is 45.2 Å². The van der Waals surface area contributed by atoms with E-state index in [1.807, 2.05) is 30.3 Å². The summed E-state index contributed by atoms with van der Waals surface area (Å²) in [5.41, 5.74) is 1.17. The van der Waals surface area contributed by atoms with Crippen LogP contribution in [0.15, 0.2) is 36.4 Å². The first kappa shape index (κ1) is 16.7. The quantitative estimate of drug-likeness (QED) is 0.578. The Morgan fingerprint density at radius 2 is 1.64 bits per heavy atom. The SMILES string of the molecule is CCCCCCc1ccc(OCC(F)(F)F)c2ccccc12. The molecule has 0 radical (unpaired) electrons. The molecule has 120 valence electrons. The van der Waals surface area contributed by atoms with Crippen molar-refractivity contribution in [2.75, 3.05) is 6.61 Å². The van der Waals surface area contributed by atoms with Crippen LogP contribution in [0.25, 0.3) is 10.8 Å². The molecule has 1 nitrogen and oxygen atoms in total. The van der Waals surface area contributed by atoms with Crippen LogP contribution < -0.4 is 4.74 Å². The average Bonchev–Trinajstić information content (AvgIpc) is 2.49. The Morgan fingerprint density at radius 3 is 2.32 bits per heavy atom. The van der Waals surface area contributed by atoms with Crippen molar-refractivity contribution in [3.63, 3.8) is 0 Å². The van der Waals surface area contributed by atoms with E-state index in [1.54, 1.807) is 6.07 Å². The molecule has 0 heterocycles. The number of hydrogen-bond acceptors (Lipinski definition) is 1. The molecule has 0 fully saturated rings. The summed E-state index contributed by atoms with van der Waals surface area (Å²) in [4.78, 5) is 0. The van der Waals surface area contributed by atoms with Gasteiger partial charge < -0.3 is 4.74 Å². The Morgan fingerprint density at radius 1 is 0.909 bits per heavy atom. The molecule has 0 N–H and O–H groups in total. The molecule has 2 aromatic carbocycles. The van der Waals surface area contributed by atoms with Crippen LogP contribution in [0, 0.1) is 0 Å². The lowest BCUT2D eigenvalue weighted by Crippen LogP contribution is -2.19. The number of halogens is 3. The van der Waals surface area contributed by atoms with Crippen molar-refractivity contribution in [3.05, 3.63) is 42.0 Å². The second-order valence-electron chi connectivity index (χ2n) is 5.48. The molecular formula is C18H21F3O. The first-order valence-corrected chi connectivity index (χ1v) is 7.71. The molecular weight excluding hydrogens is 289 g/mol. The second-order valence-corrected chi connectivity index (χ2v) is 5.48. The van der Waals surface area contributed by atoms with Gasteiger partial charge in [-0.25, -0.2) is 0 Å². The van der Waals surface area contributed by atoms with Crippen LogP contribution in [0.3, 0.4) is 0 Å². The summed E-state index contributed by atoms with van der Waals surface area (Å²) in [5, 5.41) is 1.73. The monoisotopic (exact) mass is 310 g/mol. The summed E-state index contributed by atoms with van der Waals surface area (Å²) in [6.07, 6.45) is 1.30. The lowest BCUT2D eigenvalue weighted by molar-refractivity contribution is -0.153. The molecule has 0 saturated carbocycles. The molecule has 0 aromatic heterocycles. The van der Waals surface area contributed by atoms with Gasteiger partial charge in [-0.1, -0.05) is 56.5 Å². The number of ether oxygens (including phenoxy) is 1. The molecule has 2 aromatic rings. The summed E-state index contributed by atoms with van der Waals surface area (Å²) < 4.78 is 42.0. The van der Waals surface area contributed by atoms with Gasteiger partial charge in [0.2, 0.25) is 0 Å². The first-order valence-electron chi connectivity index (χ1n) is 7.71. The predicted molar refractivity (Wildman–Crippen MR) is 83.3 cm³/mol. The molecule has 4 heteroatoms. The van der Waals surface area contributed by atoms with E-state index in [9.17, 15) is 13.2 Å². The zero-order valence-corrected chi connectivity index (χ0v) is 12.7. The van der Waals surface area contributed by atoms with E-state index in [0.717, 1.165) is 23.6 Å². The van der Waals surface area contributed by atoms with E-state index in [1.165, 1.54) is 24.8 Å². The third kappa shape index (κ3) is 4.65. The van der Waals surface area contributed by atoms with Gasteiger partial charge in [0.15, 0.2) is 6.61 Å². The van der Waals surface area contributed by atoms with Gasteiger partial charge in [0, 0.05) is 5.39 Å². The largest absolute Gasteiger partial charge is 0.483 e. The lowest BCUT2D eigenvalue weighted by Gasteiger charge is -2.14. The van der Waals surface area contributed by atoms with E-state index in [-0.39, 0.29) is 0 Å². The zero-order chi connectivity index (χ0) is 16.0. The molecule has 0 unspecified atom stereocenters. The smallest absolute Gasteiger partial charge is 0.422 e. The van der Waals surface area contributed by atoms with E-state index < -0.39 is 12.8 Å². The Hall–Kier alpha value is -1.71. The van der Waals surface area contributed by atoms with Gasteiger partial charge in [0.1, 0.15) is 5.75 Å². The van der Waals surface area contributed by atoms with Crippen LogP contribution in [-0.2, 0) is 6.42 Å². The fraction of sp³-hybridized carbons (Fsp3) is 0.444. The third-order valence-electron chi connectivity index (χ3n) is 3.67. The maximum absolute atomic E-state index is 12.3. The highest BCUT2D eigenvalue weighted by Crippen LogP contribution is 2.30. The van der Waals surface area contributed by atoms with Crippen molar-refractivity contribution in [3.8, 4) is 5.75 Å². The summed E-state index contributed by atoms with van der Waals surface area (Å²) in [6.45, 7) is 0.912. The zero-order valence-electron chi connectivity index (χ0n) is 12.7. The Labute approximate surface area is 129 Å².